The molecule has 0 unspecified atom stereocenters. The molecule has 0 atom stereocenters. The molecule has 0 aromatic carbocycles. The lowest BCUT2D eigenvalue weighted by Gasteiger charge is -2.02. The molecule has 0 amide bonds. The van der Waals surface area contributed by atoms with Crippen LogP contribution in [-0.2, 0) is 0 Å². The first-order valence-electron chi connectivity index (χ1n) is 5.06. The summed E-state index contributed by atoms with van der Waals surface area (Å²) in [6.07, 6.45) is 6.41. The van der Waals surface area contributed by atoms with Gasteiger partial charge in [0.2, 0.25) is 0 Å². The Hall–Kier alpha value is -2.43. The van der Waals surface area contributed by atoms with Crippen LogP contribution >= 0.6 is 0 Å². The normalized spacial score (nSPS) is 11.1. The molecule has 2 heterocycles. The van der Waals surface area contributed by atoms with Gasteiger partial charge in [-0.25, -0.2) is 9.97 Å². The zero-order valence-corrected chi connectivity index (χ0v) is 9.59. The molecular weight excluding hydrogens is 214 g/mol. The maximum Gasteiger partial charge on any atom is 0.150 e. The zero-order chi connectivity index (χ0) is 12.4. The number of hydrogen-bond acceptors (Lipinski definition) is 4. The maximum atomic E-state index is 5.83. The van der Waals surface area contributed by atoms with Gasteiger partial charge < -0.3 is 5.73 Å². The Morgan fingerprint density at radius 1 is 1.53 bits per heavy atom. The van der Waals surface area contributed by atoms with E-state index in [0.717, 1.165) is 16.6 Å². The van der Waals surface area contributed by atoms with Crippen molar-refractivity contribution in [3.05, 3.63) is 37.4 Å². The van der Waals surface area contributed by atoms with Crippen LogP contribution in [0.5, 0.6) is 0 Å². The Morgan fingerprint density at radius 3 is 3.00 bits per heavy atom. The number of nitrogens with two attached hydrogens (primary N) is 1. The van der Waals surface area contributed by atoms with E-state index in [1.54, 1.807) is 6.21 Å². The van der Waals surface area contributed by atoms with Gasteiger partial charge in [0.1, 0.15) is 17.8 Å². The highest BCUT2D eigenvalue weighted by molar-refractivity contribution is 6.05. The summed E-state index contributed by atoms with van der Waals surface area (Å²) in [5.41, 5.74) is 8.26. The van der Waals surface area contributed by atoms with E-state index in [1.165, 1.54) is 12.5 Å². The molecule has 0 saturated heterocycles. The molecule has 0 fully saturated rings. The van der Waals surface area contributed by atoms with Gasteiger partial charge in [0.15, 0.2) is 0 Å². The molecule has 0 aliphatic heterocycles. The average Bonchev–Trinajstić information content (AvgIpc) is 2.65. The first-order chi connectivity index (χ1) is 8.15. The smallest absolute Gasteiger partial charge is 0.150 e. The van der Waals surface area contributed by atoms with Crippen LogP contribution in [0.15, 0.2) is 36.9 Å². The Bertz CT molecular complexity index is 621. The zero-order valence-electron chi connectivity index (χ0n) is 9.59. The fourth-order valence-electron chi connectivity index (χ4n) is 1.69. The van der Waals surface area contributed by atoms with Gasteiger partial charge in [-0.15, -0.1) is 0 Å². The monoisotopic (exact) mass is 227 g/mol. The molecule has 0 aliphatic rings. The number of aryl methyl sites for hydroxylation is 1. The number of hydrogen-bond donors (Lipinski definition) is 1. The second kappa shape index (κ2) is 4.21. The van der Waals surface area contributed by atoms with Crippen molar-refractivity contribution in [1.29, 1.82) is 0 Å². The summed E-state index contributed by atoms with van der Waals surface area (Å²) in [5, 5.41) is 0.848. The lowest BCUT2D eigenvalue weighted by molar-refractivity contribution is 1.12. The predicted molar refractivity (Wildman–Crippen MR) is 70.7 cm³/mol. The minimum atomic E-state index is 0.472. The van der Waals surface area contributed by atoms with Crippen LogP contribution in [0.25, 0.3) is 16.7 Å². The van der Waals surface area contributed by atoms with E-state index in [9.17, 15) is 0 Å². The highest BCUT2D eigenvalue weighted by Gasteiger charge is 2.11. The van der Waals surface area contributed by atoms with Gasteiger partial charge in [-0.3, -0.25) is 9.56 Å². The average molecular weight is 227 g/mol. The van der Waals surface area contributed by atoms with Crippen LogP contribution in [0.1, 0.15) is 5.56 Å². The van der Waals surface area contributed by atoms with E-state index in [4.69, 9.17) is 5.73 Å². The van der Waals surface area contributed by atoms with Crippen LogP contribution in [0.3, 0.4) is 0 Å². The number of nitrogen functional groups attached to an aromatic ring is 1. The van der Waals surface area contributed by atoms with Crippen molar-refractivity contribution >= 4 is 28.8 Å². The van der Waals surface area contributed by atoms with Crippen molar-refractivity contribution in [2.75, 3.05) is 5.73 Å². The number of aromatic nitrogens is 3. The third-order valence-electron chi connectivity index (χ3n) is 2.44. The number of fused-ring (bicyclic) bond motifs is 1. The lowest BCUT2D eigenvalue weighted by Crippen LogP contribution is -1.98. The molecule has 2 N–H and O–H groups in total. The molecule has 17 heavy (non-hydrogen) atoms. The summed E-state index contributed by atoms with van der Waals surface area (Å²) < 4.78 is 1.83. The van der Waals surface area contributed by atoms with Crippen molar-refractivity contribution in [3.8, 4) is 0 Å². The first-order valence-corrected chi connectivity index (χ1v) is 5.06. The topological polar surface area (TPSA) is 69.1 Å². The van der Waals surface area contributed by atoms with Crippen molar-refractivity contribution in [2.24, 2.45) is 4.99 Å². The van der Waals surface area contributed by atoms with Crippen LogP contribution in [0.2, 0.25) is 0 Å². The minimum Gasteiger partial charge on any atom is -0.383 e. The van der Waals surface area contributed by atoms with E-state index in [0.29, 0.717) is 11.5 Å². The van der Waals surface area contributed by atoms with Crippen molar-refractivity contribution in [2.45, 2.75) is 6.92 Å². The summed E-state index contributed by atoms with van der Waals surface area (Å²) in [6.45, 7) is 9.39. The maximum absolute atomic E-state index is 5.83. The lowest BCUT2D eigenvalue weighted by atomic mass is 10.2. The Morgan fingerprint density at radius 2 is 2.29 bits per heavy atom. The fourth-order valence-corrected chi connectivity index (χ4v) is 1.69. The standard InChI is InChI=1S/C12H13N5/c1-4-14-5-9(3)17-6-8(2)10-11(13)15-7-16-12(10)17/h4-7H,1,3H2,2H3,(H2,13,15,16). The van der Waals surface area contributed by atoms with Gasteiger partial charge in [-0.1, -0.05) is 13.2 Å². The molecule has 0 aliphatic carbocycles. The minimum absolute atomic E-state index is 0.472. The Kier molecular flexibility index (Phi) is 2.74. The number of aliphatic imine (C=N–C) groups is 1. The van der Waals surface area contributed by atoms with Gasteiger partial charge in [-0.05, 0) is 12.5 Å². The Balaban J connectivity index is 2.64. The molecule has 0 bridgehead atoms. The van der Waals surface area contributed by atoms with Crippen LogP contribution < -0.4 is 5.73 Å². The van der Waals surface area contributed by atoms with Gasteiger partial charge in [-0.2, -0.15) is 0 Å². The molecule has 0 saturated carbocycles. The molecule has 5 heteroatoms. The highest BCUT2D eigenvalue weighted by atomic mass is 15.1. The molecule has 0 radical (unpaired) electrons. The molecule has 86 valence electrons. The number of allylic oxidation sites excluding steroid dienone is 1. The largest absolute Gasteiger partial charge is 0.383 e. The van der Waals surface area contributed by atoms with Gasteiger partial charge in [0.25, 0.3) is 0 Å². The molecule has 5 nitrogen and oxygen atoms in total. The third-order valence-corrected chi connectivity index (χ3v) is 2.44. The van der Waals surface area contributed by atoms with E-state index < -0.39 is 0 Å². The number of rotatable bonds is 3. The predicted octanol–water partition coefficient (Wildman–Crippen LogP) is 2.01. The van der Waals surface area contributed by atoms with Crippen molar-refractivity contribution < 1.29 is 0 Å². The first kappa shape index (κ1) is 11.1. The van der Waals surface area contributed by atoms with Gasteiger partial charge in [0, 0.05) is 12.4 Å². The second-order valence-corrected chi connectivity index (χ2v) is 3.59. The summed E-state index contributed by atoms with van der Waals surface area (Å²) in [6, 6.07) is 0. The van der Waals surface area contributed by atoms with Crippen LogP contribution in [-0.4, -0.2) is 20.7 Å². The van der Waals surface area contributed by atoms with E-state index in [1.807, 2.05) is 17.7 Å². The summed E-state index contributed by atoms with van der Waals surface area (Å²) in [7, 11) is 0. The van der Waals surface area contributed by atoms with Crippen molar-refractivity contribution in [1.82, 2.24) is 14.5 Å². The fraction of sp³-hybridized carbons (Fsp3) is 0.0833. The van der Waals surface area contributed by atoms with Crippen molar-refractivity contribution in [3.63, 3.8) is 0 Å². The summed E-state index contributed by atoms with van der Waals surface area (Å²) >= 11 is 0. The Labute approximate surface area is 99.0 Å². The van der Waals surface area contributed by atoms with Crippen LogP contribution in [0, 0.1) is 6.92 Å². The second-order valence-electron chi connectivity index (χ2n) is 3.59. The molecule has 2 aromatic heterocycles. The summed E-state index contributed by atoms with van der Waals surface area (Å²) in [4.78, 5) is 12.1. The van der Waals surface area contributed by atoms with Gasteiger partial charge in [0.05, 0.1) is 17.3 Å². The van der Waals surface area contributed by atoms with E-state index in [2.05, 4.69) is 28.1 Å². The quantitative estimate of drug-likeness (QED) is 0.815. The SMILES string of the molecule is C=CN=CC(=C)n1cc(C)c2c(N)ncnc21. The number of nitrogens with zero attached hydrogens (tertiary/aromatic N) is 4. The van der Waals surface area contributed by atoms with E-state index >= 15 is 0 Å². The number of anilines is 1. The molecule has 2 aromatic rings. The molecular formula is C12H13N5. The van der Waals surface area contributed by atoms with E-state index in [-0.39, 0.29) is 0 Å². The third kappa shape index (κ3) is 1.82. The van der Waals surface area contributed by atoms with Gasteiger partial charge >= 0.3 is 0 Å². The molecule has 2 rings (SSSR count). The molecule has 0 spiro atoms. The summed E-state index contributed by atoms with van der Waals surface area (Å²) in [5.74, 6) is 0.472. The van der Waals surface area contributed by atoms with Crippen LogP contribution in [0.4, 0.5) is 5.82 Å². The highest BCUT2D eigenvalue weighted by Crippen LogP contribution is 2.24.